The average molecular weight is 642 g/mol. The molecular weight excluding hydrogens is 611 g/mol. The highest BCUT2D eigenvalue weighted by Gasteiger charge is 2.28. The number of allylic oxidation sites excluding steroid dienone is 1. The smallest absolute Gasteiger partial charge is 0.160 e. The lowest BCUT2D eigenvalue weighted by Crippen LogP contribution is -2.08. The molecule has 3 heterocycles. The molecule has 0 spiro atoms. The van der Waals surface area contributed by atoms with Crippen molar-refractivity contribution in [3.63, 3.8) is 0 Å². The molecule has 0 fully saturated rings. The van der Waals surface area contributed by atoms with E-state index in [1.54, 1.807) is 0 Å². The van der Waals surface area contributed by atoms with Crippen molar-refractivity contribution in [1.29, 1.82) is 0 Å². The number of para-hydroxylation sites is 1. The second-order valence-corrected chi connectivity index (χ2v) is 12.9. The van der Waals surface area contributed by atoms with Crippen molar-refractivity contribution in [1.82, 2.24) is 14.5 Å². The number of hydrogen-bond acceptors (Lipinski definition) is 3. The second-order valence-electron chi connectivity index (χ2n) is 12.9. The zero-order valence-corrected chi connectivity index (χ0v) is 27.2. The quantitative estimate of drug-likeness (QED) is 0.188. The molecule has 0 aliphatic heterocycles. The number of nitrogens with zero attached hydrogens (tertiary/aromatic N) is 3. The molecule has 4 nitrogen and oxygen atoms in total. The average Bonchev–Trinajstić information content (AvgIpc) is 3.73. The molecule has 10 rings (SSSR count). The van der Waals surface area contributed by atoms with Crippen LogP contribution in [0.2, 0.25) is 0 Å². The first-order valence-electron chi connectivity index (χ1n) is 17.1. The van der Waals surface area contributed by atoms with Crippen LogP contribution in [0.4, 0.5) is 0 Å². The van der Waals surface area contributed by atoms with Crippen LogP contribution in [0.5, 0.6) is 0 Å². The van der Waals surface area contributed by atoms with Crippen LogP contribution < -0.4 is 0 Å². The molecule has 0 bridgehead atoms. The highest BCUT2D eigenvalue weighted by Crippen LogP contribution is 2.43. The van der Waals surface area contributed by atoms with Gasteiger partial charge in [0.1, 0.15) is 11.3 Å². The van der Waals surface area contributed by atoms with Crippen molar-refractivity contribution in [3.8, 4) is 39.5 Å². The number of aromatic nitrogens is 3. The Kier molecular flexibility index (Phi) is 6.59. The van der Waals surface area contributed by atoms with Gasteiger partial charge in [0.2, 0.25) is 0 Å². The summed E-state index contributed by atoms with van der Waals surface area (Å²) in [6.45, 7) is 0. The Hall–Kier alpha value is -6.52. The molecule has 236 valence electrons. The van der Waals surface area contributed by atoms with Crippen molar-refractivity contribution in [2.24, 2.45) is 0 Å². The number of hydrogen-bond donors (Lipinski definition) is 0. The molecule has 1 aliphatic rings. The third-order valence-corrected chi connectivity index (χ3v) is 9.97. The number of fused-ring (bicyclic) bond motifs is 6. The Morgan fingerprint density at radius 3 is 2.02 bits per heavy atom. The van der Waals surface area contributed by atoms with Gasteiger partial charge in [-0.05, 0) is 54.0 Å². The summed E-state index contributed by atoms with van der Waals surface area (Å²) in [4.78, 5) is 10.2. The van der Waals surface area contributed by atoms with Gasteiger partial charge in [0.15, 0.2) is 5.82 Å². The van der Waals surface area contributed by atoms with E-state index in [4.69, 9.17) is 14.4 Å². The molecule has 1 atom stereocenters. The van der Waals surface area contributed by atoms with Crippen LogP contribution in [0, 0.1) is 0 Å². The van der Waals surface area contributed by atoms with Gasteiger partial charge in [-0.3, -0.25) is 0 Å². The fraction of sp³-hybridized carbons (Fsp3) is 0.0435. The number of benzene rings is 6. The normalized spacial score (nSPS) is 14.0. The molecule has 0 saturated carbocycles. The molecular formula is C46H31N3O. The predicted octanol–water partition coefficient (Wildman–Crippen LogP) is 11.9. The maximum absolute atomic E-state index is 6.68. The number of furan rings is 1. The Bertz CT molecular complexity index is 2670. The van der Waals surface area contributed by atoms with Gasteiger partial charge in [0, 0.05) is 50.5 Å². The van der Waals surface area contributed by atoms with Crippen LogP contribution in [-0.4, -0.2) is 14.5 Å². The summed E-state index contributed by atoms with van der Waals surface area (Å²) in [5, 5.41) is 3.58. The van der Waals surface area contributed by atoms with Crippen molar-refractivity contribution in [2.45, 2.75) is 12.3 Å². The lowest BCUT2D eigenvalue weighted by Gasteiger charge is -2.20. The fourth-order valence-corrected chi connectivity index (χ4v) is 7.62. The monoisotopic (exact) mass is 641 g/mol. The summed E-state index contributed by atoms with van der Waals surface area (Å²) in [6.07, 6.45) is 5.16. The van der Waals surface area contributed by atoms with E-state index in [-0.39, 0.29) is 5.92 Å². The molecule has 0 saturated heterocycles. The molecule has 3 aromatic heterocycles. The highest BCUT2D eigenvalue weighted by atomic mass is 16.3. The largest absolute Gasteiger partial charge is 0.456 e. The maximum atomic E-state index is 6.68. The Balaban J connectivity index is 1.13. The molecule has 50 heavy (non-hydrogen) atoms. The SMILES string of the molecule is C1=Cc2oc3cc(-n4c5ccccc5c5ccc(-c6ccccc6)cc54)ccc3c2C(c2cc(-c3ccccc3)nc(-c3ccccc3)n2)C1. The first-order valence-corrected chi connectivity index (χ1v) is 17.1. The second kappa shape index (κ2) is 11.6. The summed E-state index contributed by atoms with van der Waals surface area (Å²) < 4.78 is 9.05. The summed E-state index contributed by atoms with van der Waals surface area (Å²) in [5.74, 6) is 1.65. The lowest BCUT2D eigenvalue weighted by molar-refractivity contribution is 0.588. The van der Waals surface area contributed by atoms with Gasteiger partial charge in [0.25, 0.3) is 0 Å². The van der Waals surface area contributed by atoms with Crippen LogP contribution in [0.15, 0.2) is 168 Å². The van der Waals surface area contributed by atoms with E-state index in [2.05, 4.69) is 150 Å². The minimum Gasteiger partial charge on any atom is -0.456 e. The van der Waals surface area contributed by atoms with E-state index in [0.29, 0.717) is 0 Å². The van der Waals surface area contributed by atoms with Gasteiger partial charge in [-0.15, -0.1) is 0 Å². The van der Waals surface area contributed by atoms with Crippen LogP contribution >= 0.6 is 0 Å². The van der Waals surface area contributed by atoms with E-state index >= 15 is 0 Å². The Labute approximate surface area is 289 Å². The minimum atomic E-state index is 0.0247. The highest BCUT2D eigenvalue weighted by molar-refractivity contribution is 6.10. The topological polar surface area (TPSA) is 43.9 Å². The van der Waals surface area contributed by atoms with Crippen LogP contribution in [0.1, 0.15) is 29.4 Å². The molecule has 0 N–H and O–H groups in total. The fourth-order valence-electron chi connectivity index (χ4n) is 7.62. The third kappa shape index (κ3) is 4.68. The summed E-state index contributed by atoms with van der Waals surface area (Å²) in [7, 11) is 0. The van der Waals surface area contributed by atoms with E-state index in [1.807, 2.05) is 24.3 Å². The van der Waals surface area contributed by atoms with E-state index in [1.165, 1.54) is 38.5 Å². The van der Waals surface area contributed by atoms with Crippen LogP contribution in [0.3, 0.4) is 0 Å². The minimum absolute atomic E-state index is 0.0247. The first-order chi connectivity index (χ1) is 24.8. The van der Waals surface area contributed by atoms with Crippen molar-refractivity contribution in [3.05, 3.63) is 181 Å². The van der Waals surface area contributed by atoms with Gasteiger partial charge >= 0.3 is 0 Å². The van der Waals surface area contributed by atoms with Gasteiger partial charge in [-0.2, -0.15) is 0 Å². The zero-order chi connectivity index (χ0) is 33.0. The van der Waals surface area contributed by atoms with Crippen molar-refractivity contribution >= 4 is 38.9 Å². The third-order valence-electron chi connectivity index (χ3n) is 9.97. The molecule has 0 radical (unpaired) electrons. The molecule has 1 unspecified atom stereocenters. The van der Waals surface area contributed by atoms with Crippen LogP contribution in [-0.2, 0) is 0 Å². The molecule has 0 amide bonds. The first kappa shape index (κ1) is 28.5. The molecule has 6 aromatic carbocycles. The van der Waals surface area contributed by atoms with Gasteiger partial charge in [0.05, 0.1) is 22.4 Å². The lowest BCUT2D eigenvalue weighted by atomic mass is 9.86. The summed E-state index contributed by atoms with van der Waals surface area (Å²) in [6, 6.07) is 55.5. The van der Waals surface area contributed by atoms with Gasteiger partial charge in [-0.1, -0.05) is 127 Å². The Morgan fingerprint density at radius 2 is 1.22 bits per heavy atom. The molecule has 9 aromatic rings. The summed E-state index contributed by atoms with van der Waals surface area (Å²) in [5.41, 5.74) is 11.8. The van der Waals surface area contributed by atoms with Crippen molar-refractivity contribution < 1.29 is 4.42 Å². The van der Waals surface area contributed by atoms with Gasteiger partial charge in [-0.25, -0.2) is 9.97 Å². The molecule has 4 heteroatoms. The molecule has 1 aliphatic carbocycles. The van der Waals surface area contributed by atoms with Gasteiger partial charge < -0.3 is 8.98 Å². The summed E-state index contributed by atoms with van der Waals surface area (Å²) >= 11 is 0. The van der Waals surface area contributed by atoms with E-state index < -0.39 is 0 Å². The maximum Gasteiger partial charge on any atom is 0.160 e. The van der Waals surface area contributed by atoms with E-state index in [0.717, 1.165) is 57.2 Å². The predicted molar refractivity (Wildman–Crippen MR) is 204 cm³/mol. The van der Waals surface area contributed by atoms with E-state index in [9.17, 15) is 0 Å². The van der Waals surface area contributed by atoms with Crippen LogP contribution in [0.25, 0.3) is 78.3 Å². The number of rotatable bonds is 5. The standard InChI is InChI=1S/C46H31N3O/c1-4-13-30(14-5-1)33-23-25-36-35-19-10-11-21-41(35)49(42(36)27-33)34-24-26-38-44(28-34)50-43-22-12-20-37(45(38)43)40-29-39(31-15-6-2-7-16-31)47-46(48-40)32-17-8-3-9-18-32/h1-19,21-29,37H,20H2. The van der Waals surface area contributed by atoms with Crippen molar-refractivity contribution in [2.75, 3.05) is 0 Å². The zero-order valence-electron chi connectivity index (χ0n) is 27.2. The Morgan fingerprint density at radius 1 is 0.540 bits per heavy atom.